The van der Waals surface area contributed by atoms with Crippen LogP contribution in [0, 0.1) is 0 Å². The summed E-state index contributed by atoms with van der Waals surface area (Å²) < 4.78 is 4.94. The van der Waals surface area contributed by atoms with Crippen LogP contribution in [0.3, 0.4) is 0 Å². The van der Waals surface area contributed by atoms with Gasteiger partial charge in [0.05, 0.1) is 41.3 Å². The Morgan fingerprint density at radius 1 is 1.06 bits per heavy atom. The Labute approximate surface area is 208 Å². The number of aromatic amines is 1. The molecule has 180 valence electrons. The standard InChI is InChI=1S/C28H26N6O2/c1-18-17-33(26-5-3-4-10-29-26)11-12-34(18)25-15-21-14-20(28(35)36-2)7-8-23(21)31-27(25)19-6-9-24-22(13-19)16-30-32-24/h3-10,13-16,18H,11-12,17H2,1-2H3,(H,30,32)/t18-/m0/s1. The smallest absolute Gasteiger partial charge is 0.337 e. The maximum absolute atomic E-state index is 12.2. The first-order valence-electron chi connectivity index (χ1n) is 12.0. The van der Waals surface area contributed by atoms with Gasteiger partial charge in [-0.05, 0) is 55.5 Å². The molecular weight excluding hydrogens is 452 g/mol. The fourth-order valence-electron chi connectivity index (χ4n) is 5.00. The van der Waals surface area contributed by atoms with Gasteiger partial charge in [-0.25, -0.2) is 14.8 Å². The van der Waals surface area contributed by atoms with Crippen molar-refractivity contribution in [2.45, 2.75) is 13.0 Å². The van der Waals surface area contributed by atoms with Gasteiger partial charge in [0.25, 0.3) is 0 Å². The Bertz CT molecular complexity index is 1560. The number of hydrogen-bond donors (Lipinski definition) is 1. The third-order valence-corrected chi connectivity index (χ3v) is 6.84. The first-order chi connectivity index (χ1) is 17.6. The van der Waals surface area contributed by atoms with E-state index >= 15 is 0 Å². The SMILES string of the molecule is COC(=O)c1ccc2nc(-c3ccc4[nH]ncc4c3)c(N3CCN(c4ccccn4)C[C@@H]3C)cc2c1. The molecule has 1 atom stereocenters. The van der Waals surface area contributed by atoms with Gasteiger partial charge in [-0.3, -0.25) is 5.10 Å². The van der Waals surface area contributed by atoms with Crippen molar-refractivity contribution >= 4 is 39.3 Å². The summed E-state index contributed by atoms with van der Waals surface area (Å²) in [6, 6.07) is 20.1. The first kappa shape index (κ1) is 22.0. The van der Waals surface area contributed by atoms with Gasteiger partial charge in [0.15, 0.2) is 0 Å². The molecule has 0 radical (unpaired) electrons. The van der Waals surface area contributed by atoms with E-state index in [2.05, 4.69) is 56.2 Å². The minimum atomic E-state index is -0.356. The molecule has 0 saturated carbocycles. The summed E-state index contributed by atoms with van der Waals surface area (Å²) in [5.41, 5.74) is 5.31. The highest BCUT2D eigenvalue weighted by molar-refractivity contribution is 5.97. The van der Waals surface area contributed by atoms with Gasteiger partial charge in [-0.15, -0.1) is 0 Å². The van der Waals surface area contributed by atoms with Gasteiger partial charge in [-0.1, -0.05) is 12.1 Å². The lowest BCUT2D eigenvalue weighted by Gasteiger charge is -2.42. The summed E-state index contributed by atoms with van der Waals surface area (Å²) >= 11 is 0. The van der Waals surface area contributed by atoms with E-state index in [-0.39, 0.29) is 12.0 Å². The van der Waals surface area contributed by atoms with Gasteiger partial charge >= 0.3 is 5.97 Å². The fraction of sp³-hybridized carbons (Fsp3) is 0.214. The maximum atomic E-state index is 12.2. The van der Waals surface area contributed by atoms with Crippen LogP contribution in [0.25, 0.3) is 33.1 Å². The number of carbonyl (C=O) groups excluding carboxylic acids is 1. The van der Waals surface area contributed by atoms with Crippen LogP contribution in [0.1, 0.15) is 17.3 Å². The highest BCUT2D eigenvalue weighted by Gasteiger charge is 2.27. The molecule has 0 bridgehead atoms. The molecular formula is C28H26N6O2. The van der Waals surface area contributed by atoms with Crippen molar-refractivity contribution in [3.63, 3.8) is 0 Å². The molecule has 0 aliphatic carbocycles. The van der Waals surface area contributed by atoms with Crippen LogP contribution in [-0.2, 0) is 4.74 Å². The largest absolute Gasteiger partial charge is 0.465 e. The number of methoxy groups -OCH3 is 1. The number of pyridine rings is 2. The van der Waals surface area contributed by atoms with Crippen molar-refractivity contribution in [1.29, 1.82) is 0 Å². The van der Waals surface area contributed by atoms with E-state index in [1.54, 1.807) is 6.07 Å². The van der Waals surface area contributed by atoms with E-state index in [4.69, 9.17) is 9.72 Å². The number of rotatable bonds is 4. The van der Waals surface area contributed by atoms with Crippen molar-refractivity contribution in [2.75, 3.05) is 36.5 Å². The molecule has 2 aromatic carbocycles. The zero-order chi connectivity index (χ0) is 24.6. The molecule has 1 aliphatic heterocycles. The molecule has 0 amide bonds. The first-order valence-corrected chi connectivity index (χ1v) is 12.0. The molecule has 1 fully saturated rings. The number of hydrogen-bond acceptors (Lipinski definition) is 7. The number of ether oxygens (including phenoxy) is 1. The number of esters is 1. The fourth-order valence-corrected chi connectivity index (χ4v) is 5.00. The van der Waals surface area contributed by atoms with E-state index < -0.39 is 0 Å². The van der Waals surface area contributed by atoms with Crippen LogP contribution in [0.5, 0.6) is 0 Å². The average molecular weight is 479 g/mol. The number of anilines is 2. The average Bonchev–Trinajstić information content (AvgIpc) is 3.40. The van der Waals surface area contributed by atoms with Crippen molar-refractivity contribution in [2.24, 2.45) is 0 Å². The van der Waals surface area contributed by atoms with E-state index in [1.807, 2.05) is 42.7 Å². The monoisotopic (exact) mass is 478 g/mol. The van der Waals surface area contributed by atoms with Crippen molar-refractivity contribution in [3.8, 4) is 11.3 Å². The molecule has 5 aromatic rings. The molecule has 1 saturated heterocycles. The third-order valence-electron chi connectivity index (χ3n) is 6.84. The number of aromatic nitrogens is 4. The number of nitrogens with zero attached hydrogens (tertiary/aromatic N) is 5. The van der Waals surface area contributed by atoms with Crippen LogP contribution < -0.4 is 9.80 Å². The second-order valence-electron chi connectivity index (χ2n) is 9.10. The molecule has 8 heteroatoms. The lowest BCUT2D eigenvalue weighted by atomic mass is 10.0. The summed E-state index contributed by atoms with van der Waals surface area (Å²) in [6.07, 6.45) is 3.67. The normalized spacial score (nSPS) is 16.0. The molecule has 3 aromatic heterocycles. The number of fused-ring (bicyclic) bond motifs is 2. The minimum Gasteiger partial charge on any atom is -0.465 e. The molecule has 0 spiro atoms. The van der Waals surface area contributed by atoms with Gasteiger partial charge in [0.2, 0.25) is 0 Å². The van der Waals surface area contributed by atoms with E-state index in [0.29, 0.717) is 5.56 Å². The molecule has 0 unspecified atom stereocenters. The van der Waals surface area contributed by atoms with E-state index in [9.17, 15) is 4.79 Å². The number of H-pyrrole nitrogens is 1. The Kier molecular flexibility index (Phi) is 5.48. The Morgan fingerprint density at radius 2 is 1.97 bits per heavy atom. The molecule has 1 N–H and O–H groups in total. The molecule has 8 nitrogen and oxygen atoms in total. The predicted octanol–water partition coefficient (Wildman–Crippen LogP) is 4.67. The summed E-state index contributed by atoms with van der Waals surface area (Å²) in [6.45, 7) is 4.75. The number of piperazine rings is 1. The van der Waals surface area contributed by atoms with Crippen LogP contribution in [0.4, 0.5) is 11.5 Å². The zero-order valence-electron chi connectivity index (χ0n) is 20.2. The van der Waals surface area contributed by atoms with Gasteiger partial charge < -0.3 is 14.5 Å². The van der Waals surface area contributed by atoms with Crippen LogP contribution >= 0.6 is 0 Å². The second-order valence-corrected chi connectivity index (χ2v) is 9.10. The summed E-state index contributed by atoms with van der Waals surface area (Å²) in [7, 11) is 1.40. The van der Waals surface area contributed by atoms with Crippen LogP contribution in [-0.4, -0.2) is 58.9 Å². The topological polar surface area (TPSA) is 87.2 Å². The summed E-state index contributed by atoms with van der Waals surface area (Å²) in [4.78, 5) is 26.6. The van der Waals surface area contributed by atoms with E-state index in [0.717, 1.165) is 64.2 Å². The molecule has 4 heterocycles. The Hall–Kier alpha value is -4.46. The van der Waals surface area contributed by atoms with Crippen LogP contribution in [0.2, 0.25) is 0 Å². The van der Waals surface area contributed by atoms with E-state index in [1.165, 1.54) is 7.11 Å². The van der Waals surface area contributed by atoms with Gasteiger partial charge in [-0.2, -0.15) is 5.10 Å². The quantitative estimate of drug-likeness (QED) is 0.376. The zero-order valence-corrected chi connectivity index (χ0v) is 20.2. The summed E-state index contributed by atoms with van der Waals surface area (Å²) in [5, 5.41) is 9.13. The molecule has 36 heavy (non-hydrogen) atoms. The van der Waals surface area contributed by atoms with Crippen LogP contribution in [0.15, 0.2) is 73.1 Å². The van der Waals surface area contributed by atoms with Crippen molar-refractivity contribution < 1.29 is 9.53 Å². The van der Waals surface area contributed by atoms with Gasteiger partial charge in [0.1, 0.15) is 5.82 Å². The minimum absolute atomic E-state index is 0.222. The second kappa shape index (κ2) is 8.96. The molecule has 6 rings (SSSR count). The predicted molar refractivity (Wildman–Crippen MR) is 141 cm³/mol. The number of benzene rings is 2. The van der Waals surface area contributed by atoms with Crippen molar-refractivity contribution in [1.82, 2.24) is 20.2 Å². The Morgan fingerprint density at radius 3 is 2.78 bits per heavy atom. The van der Waals surface area contributed by atoms with Gasteiger partial charge in [0, 0.05) is 48.2 Å². The third kappa shape index (κ3) is 3.90. The lowest BCUT2D eigenvalue weighted by molar-refractivity contribution is 0.0601. The number of nitrogens with one attached hydrogen (secondary N) is 1. The molecule has 1 aliphatic rings. The highest BCUT2D eigenvalue weighted by Crippen LogP contribution is 2.36. The van der Waals surface area contributed by atoms with Crippen molar-refractivity contribution in [3.05, 3.63) is 78.6 Å². The lowest BCUT2D eigenvalue weighted by Crippen LogP contribution is -2.52. The highest BCUT2D eigenvalue weighted by atomic mass is 16.5. The number of carbonyl (C=O) groups is 1. The Balaban J connectivity index is 1.45. The summed E-state index contributed by atoms with van der Waals surface area (Å²) in [5.74, 6) is 0.638. The maximum Gasteiger partial charge on any atom is 0.337 e.